The van der Waals surface area contributed by atoms with Gasteiger partial charge in [0.1, 0.15) is 18.2 Å². The summed E-state index contributed by atoms with van der Waals surface area (Å²) < 4.78 is 19.4. The third-order valence-electron chi connectivity index (χ3n) is 4.91. The number of rotatable bonds is 7. The lowest BCUT2D eigenvalue weighted by molar-refractivity contribution is -0.481. The lowest BCUT2D eigenvalue weighted by Gasteiger charge is -2.18. The molecular weight excluding hydrogens is 371 g/mol. The van der Waals surface area contributed by atoms with Crippen LogP contribution in [0.4, 0.5) is 4.39 Å². The third-order valence-corrected chi connectivity index (χ3v) is 4.91. The molecule has 3 aromatic carbocycles. The quantitative estimate of drug-likeness (QED) is 0.344. The Morgan fingerprint density at radius 2 is 1.79 bits per heavy atom. The number of nitro groups is 1. The van der Waals surface area contributed by atoms with Crippen molar-refractivity contribution in [1.82, 2.24) is 4.98 Å². The van der Waals surface area contributed by atoms with Gasteiger partial charge in [0, 0.05) is 27.6 Å². The van der Waals surface area contributed by atoms with Crippen LogP contribution in [0, 0.1) is 15.9 Å². The number of ether oxygens (including phenoxy) is 1. The van der Waals surface area contributed by atoms with Crippen LogP contribution in [-0.2, 0) is 6.61 Å². The summed E-state index contributed by atoms with van der Waals surface area (Å²) in [6, 6.07) is 21.2. The Balaban J connectivity index is 1.71. The van der Waals surface area contributed by atoms with E-state index < -0.39 is 5.92 Å². The van der Waals surface area contributed by atoms with Crippen LogP contribution >= 0.6 is 0 Å². The maximum absolute atomic E-state index is 13.4. The molecule has 29 heavy (non-hydrogen) atoms. The number of nitrogens with one attached hydrogen (secondary N) is 1. The number of hydrogen-bond acceptors (Lipinski definition) is 3. The highest BCUT2D eigenvalue weighted by molar-refractivity contribution is 5.84. The first kappa shape index (κ1) is 18.7. The minimum Gasteiger partial charge on any atom is -0.489 e. The van der Waals surface area contributed by atoms with E-state index >= 15 is 0 Å². The molecule has 0 saturated carbocycles. The average molecular weight is 390 g/mol. The number of fused-ring (bicyclic) bond motifs is 1. The smallest absolute Gasteiger partial charge is 0.214 e. The minimum absolute atomic E-state index is 0.174. The number of para-hydroxylation sites is 2. The van der Waals surface area contributed by atoms with Gasteiger partial charge >= 0.3 is 0 Å². The standard InChI is InChI=1S/C23H19FN2O3/c24-17-7-5-6-16(12-17)15-29-23-11-4-2-9-19(23)21(14-26(27)28)20-13-25-22-10-3-1-8-18(20)22/h1-13,21,25H,14-15H2/t21-/m1/s1. The maximum atomic E-state index is 13.4. The zero-order valence-corrected chi connectivity index (χ0v) is 15.5. The normalized spacial score (nSPS) is 12.0. The van der Waals surface area contributed by atoms with E-state index in [1.54, 1.807) is 18.2 Å². The van der Waals surface area contributed by atoms with Gasteiger partial charge in [0.15, 0.2) is 0 Å². The second-order valence-corrected chi connectivity index (χ2v) is 6.81. The summed E-state index contributed by atoms with van der Waals surface area (Å²) in [5, 5.41) is 12.4. The molecule has 0 bridgehead atoms. The molecular formula is C23H19FN2O3. The molecule has 5 nitrogen and oxygen atoms in total. The first-order valence-corrected chi connectivity index (χ1v) is 9.26. The number of aromatic nitrogens is 1. The van der Waals surface area contributed by atoms with Crippen molar-refractivity contribution in [3.63, 3.8) is 0 Å². The number of aromatic amines is 1. The zero-order valence-electron chi connectivity index (χ0n) is 15.5. The maximum Gasteiger partial charge on any atom is 0.214 e. The Hall–Kier alpha value is -3.67. The fraction of sp³-hybridized carbons (Fsp3) is 0.130. The Bertz CT molecular complexity index is 1160. The molecule has 6 heteroatoms. The van der Waals surface area contributed by atoms with Crippen molar-refractivity contribution >= 4 is 10.9 Å². The number of nitrogens with zero attached hydrogens (tertiary/aromatic N) is 1. The highest BCUT2D eigenvalue weighted by atomic mass is 19.1. The van der Waals surface area contributed by atoms with Gasteiger partial charge in [-0.2, -0.15) is 0 Å². The van der Waals surface area contributed by atoms with E-state index in [1.807, 2.05) is 48.7 Å². The number of hydrogen-bond donors (Lipinski definition) is 1. The Morgan fingerprint density at radius 3 is 2.62 bits per heavy atom. The van der Waals surface area contributed by atoms with E-state index in [-0.39, 0.29) is 23.9 Å². The van der Waals surface area contributed by atoms with Crippen molar-refractivity contribution < 1.29 is 14.1 Å². The van der Waals surface area contributed by atoms with Crippen molar-refractivity contribution in [3.05, 3.63) is 112 Å². The van der Waals surface area contributed by atoms with Crippen molar-refractivity contribution in [1.29, 1.82) is 0 Å². The van der Waals surface area contributed by atoms with Crippen LogP contribution in [0.3, 0.4) is 0 Å². The Morgan fingerprint density at radius 1 is 1.00 bits per heavy atom. The summed E-state index contributed by atoms with van der Waals surface area (Å²) in [6.07, 6.45) is 1.82. The van der Waals surface area contributed by atoms with Gasteiger partial charge in [-0.15, -0.1) is 0 Å². The average Bonchev–Trinajstić information content (AvgIpc) is 3.15. The fourth-order valence-corrected chi connectivity index (χ4v) is 3.58. The molecule has 4 rings (SSSR count). The zero-order chi connectivity index (χ0) is 20.2. The minimum atomic E-state index is -0.482. The lowest BCUT2D eigenvalue weighted by atomic mass is 9.90. The molecule has 0 aliphatic heterocycles. The Kier molecular flexibility index (Phi) is 5.24. The summed E-state index contributed by atoms with van der Waals surface area (Å²) in [4.78, 5) is 14.3. The molecule has 1 N–H and O–H groups in total. The molecule has 0 saturated heterocycles. The molecule has 0 aliphatic rings. The van der Waals surface area contributed by atoms with Gasteiger partial charge in [0.25, 0.3) is 0 Å². The van der Waals surface area contributed by atoms with Crippen molar-refractivity contribution in [2.45, 2.75) is 12.5 Å². The largest absolute Gasteiger partial charge is 0.489 e. The van der Waals surface area contributed by atoms with E-state index in [0.717, 1.165) is 22.0 Å². The van der Waals surface area contributed by atoms with Gasteiger partial charge in [-0.05, 0) is 35.4 Å². The number of halogens is 1. The number of benzene rings is 3. The van der Waals surface area contributed by atoms with E-state index in [0.29, 0.717) is 11.3 Å². The summed E-state index contributed by atoms with van der Waals surface area (Å²) in [7, 11) is 0. The Labute approximate surface area is 166 Å². The second kappa shape index (κ2) is 8.14. The van der Waals surface area contributed by atoms with Crippen molar-refractivity contribution in [2.75, 3.05) is 6.54 Å². The van der Waals surface area contributed by atoms with E-state index in [1.165, 1.54) is 12.1 Å². The van der Waals surface area contributed by atoms with E-state index in [9.17, 15) is 14.5 Å². The molecule has 0 aliphatic carbocycles. The predicted molar refractivity (Wildman–Crippen MR) is 109 cm³/mol. The van der Waals surface area contributed by atoms with Crippen LogP contribution < -0.4 is 4.74 Å². The van der Waals surface area contributed by atoms with Gasteiger partial charge in [0.2, 0.25) is 6.54 Å². The molecule has 0 spiro atoms. The fourth-order valence-electron chi connectivity index (χ4n) is 3.58. The summed E-state index contributed by atoms with van der Waals surface area (Å²) in [6.45, 7) is -0.0873. The molecule has 146 valence electrons. The molecule has 0 unspecified atom stereocenters. The van der Waals surface area contributed by atoms with Crippen LogP contribution in [0.1, 0.15) is 22.6 Å². The summed E-state index contributed by atoms with van der Waals surface area (Å²) in [5.74, 6) is -0.261. The van der Waals surface area contributed by atoms with Crippen LogP contribution in [0.15, 0.2) is 79.0 Å². The second-order valence-electron chi connectivity index (χ2n) is 6.81. The van der Waals surface area contributed by atoms with E-state index in [4.69, 9.17) is 4.74 Å². The van der Waals surface area contributed by atoms with Crippen LogP contribution in [0.25, 0.3) is 10.9 Å². The van der Waals surface area contributed by atoms with Crippen molar-refractivity contribution in [3.8, 4) is 5.75 Å². The number of H-pyrrole nitrogens is 1. The van der Waals surface area contributed by atoms with Gasteiger partial charge < -0.3 is 9.72 Å². The molecule has 0 radical (unpaired) electrons. The monoisotopic (exact) mass is 390 g/mol. The topological polar surface area (TPSA) is 68.2 Å². The molecule has 1 heterocycles. The summed E-state index contributed by atoms with van der Waals surface area (Å²) >= 11 is 0. The van der Waals surface area contributed by atoms with E-state index in [2.05, 4.69) is 4.98 Å². The third kappa shape index (κ3) is 4.11. The molecule has 4 aromatic rings. The molecule has 1 aromatic heterocycles. The SMILES string of the molecule is O=[N+]([O-])C[C@H](c1ccccc1OCc1cccc(F)c1)c1c[nH]c2ccccc12. The summed E-state index contributed by atoms with van der Waals surface area (Å²) in [5.41, 5.74) is 3.19. The van der Waals surface area contributed by atoms with Gasteiger partial charge in [-0.1, -0.05) is 48.5 Å². The van der Waals surface area contributed by atoms with Crippen LogP contribution in [0.2, 0.25) is 0 Å². The van der Waals surface area contributed by atoms with Crippen LogP contribution in [0.5, 0.6) is 5.75 Å². The van der Waals surface area contributed by atoms with Crippen LogP contribution in [-0.4, -0.2) is 16.5 Å². The molecule has 1 atom stereocenters. The first-order chi connectivity index (χ1) is 14.1. The van der Waals surface area contributed by atoms with Gasteiger partial charge in [0.05, 0.1) is 5.92 Å². The molecule has 0 amide bonds. The molecule has 0 fully saturated rings. The van der Waals surface area contributed by atoms with Gasteiger partial charge in [-0.3, -0.25) is 10.1 Å². The predicted octanol–water partition coefficient (Wildman–Crippen LogP) is 5.29. The first-order valence-electron chi connectivity index (χ1n) is 9.26. The lowest BCUT2D eigenvalue weighted by Crippen LogP contribution is -2.15. The highest BCUT2D eigenvalue weighted by Gasteiger charge is 2.26. The highest BCUT2D eigenvalue weighted by Crippen LogP contribution is 2.36. The van der Waals surface area contributed by atoms with Gasteiger partial charge in [-0.25, -0.2) is 4.39 Å². The van der Waals surface area contributed by atoms with Crippen molar-refractivity contribution in [2.24, 2.45) is 0 Å².